The molecule has 1 aromatic heterocycles. The van der Waals surface area contributed by atoms with Crippen molar-refractivity contribution in [3.8, 4) is 0 Å². The van der Waals surface area contributed by atoms with Crippen molar-refractivity contribution in [1.82, 2.24) is 14.5 Å². The zero-order valence-corrected chi connectivity index (χ0v) is 15.9. The number of fused-ring (bicyclic) bond motifs is 1. The summed E-state index contributed by atoms with van der Waals surface area (Å²) in [4.78, 5) is 7.09. The molecule has 0 radical (unpaired) electrons. The minimum atomic E-state index is 0.669. The molecule has 0 atom stereocenters. The maximum atomic E-state index is 6.14. The van der Waals surface area contributed by atoms with Crippen molar-refractivity contribution in [2.45, 2.75) is 38.1 Å². The van der Waals surface area contributed by atoms with Crippen molar-refractivity contribution in [1.29, 1.82) is 0 Å². The van der Waals surface area contributed by atoms with Gasteiger partial charge in [0.2, 0.25) is 0 Å². The van der Waals surface area contributed by atoms with Crippen LogP contribution in [-0.4, -0.2) is 34.1 Å². The van der Waals surface area contributed by atoms with Crippen molar-refractivity contribution in [3.63, 3.8) is 0 Å². The molecule has 1 saturated heterocycles. The number of imidazole rings is 1. The van der Waals surface area contributed by atoms with Gasteiger partial charge in [0.15, 0.2) is 0 Å². The van der Waals surface area contributed by atoms with Gasteiger partial charge in [-0.1, -0.05) is 35.9 Å². The van der Waals surface area contributed by atoms with Gasteiger partial charge in [0.05, 0.1) is 17.4 Å². The van der Waals surface area contributed by atoms with E-state index in [0.29, 0.717) is 5.92 Å². The molecule has 0 amide bonds. The highest BCUT2D eigenvalue weighted by Gasteiger charge is 2.20. The third kappa shape index (κ3) is 4.11. The third-order valence-corrected chi connectivity index (χ3v) is 5.79. The Morgan fingerprint density at radius 3 is 2.62 bits per heavy atom. The minimum Gasteiger partial charge on any atom is -0.331 e. The summed E-state index contributed by atoms with van der Waals surface area (Å²) in [6, 6.07) is 16.8. The van der Waals surface area contributed by atoms with Gasteiger partial charge in [-0.25, -0.2) is 4.98 Å². The molecule has 3 aromatic rings. The number of benzene rings is 2. The fourth-order valence-electron chi connectivity index (χ4n) is 4.06. The zero-order chi connectivity index (χ0) is 17.8. The van der Waals surface area contributed by atoms with Gasteiger partial charge in [-0.05, 0) is 81.1 Å². The van der Waals surface area contributed by atoms with Crippen molar-refractivity contribution in [2.24, 2.45) is 0 Å². The van der Waals surface area contributed by atoms with E-state index >= 15 is 0 Å². The van der Waals surface area contributed by atoms with Gasteiger partial charge in [-0.2, -0.15) is 0 Å². The second-order valence-electron chi connectivity index (χ2n) is 7.30. The monoisotopic (exact) mass is 367 g/mol. The van der Waals surface area contributed by atoms with Crippen LogP contribution in [0.2, 0.25) is 5.02 Å². The van der Waals surface area contributed by atoms with E-state index in [-0.39, 0.29) is 0 Å². The molecule has 2 heterocycles. The van der Waals surface area contributed by atoms with E-state index < -0.39 is 0 Å². The average Bonchev–Trinajstić information content (AvgIpc) is 3.09. The van der Waals surface area contributed by atoms with Gasteiger partial charge in [-0.3, -0.25) is 0 Å². The molecule has 1 aliphatic heterocycles. The summed E-state index contributed by atoms with van der Waals surface area (Å²) in [6.07, 6.45) is 6.91. The highest BCUT2D eigenvalue weighted by atomic mass is 35.5. The maximum Gasteiger partial charge on any atom is 0.0958 e. The van der Waals surface area contributed by atoms with Crippen molar-refractivity contribution in [2.75, 3.05) is 19.6 Å². The molecule has 1 aliphatic rings. The number of hydrogen-bond acceptors (Lipinski definition) is 2. The normalized spacial score (nSPS) is 16.3. The molecule has 3 nitrogen and oxygen atoms in total. The molecule has 0 bridgehead atoms. The first-order chi connectivity index (χ1) is 12.8. The Hall–Kier alpha value is -1.84. The molecule has 1 fully saturated rings. The Labute approximate surface area is 160 Å². The predicted molar refractivity (Wildman–Crippen MR) is 109 cm³/mol. The van der Waals surface area contributed by atoms with Gasteiger partial charge in [0.1, 0.15) is 0 Å². The quantitative estimate of drug-likeness (QED) is 0.547. The van der Waals surface area contributed by atoms with Gasteiger partial charge in [-0.15, -0.1) is 0 Å². The first-order valence-electron chi connectivity index (χ1n) is 9.67. The van der Waals surface area contributed by atoms with Crippen molar-refractivity contribution < 1.29 is 0 Å². The SMILES string of the molecule is Clc1cccc(C2CCN(CCCCn3cnc4ccccc43)CC2)c1. The number of para-hydroxylation sites is 2. The molecule has 2 aromatic carbocycles. The van der Waals surface area contributed by atoms with Crippen LogP contribution in [0.4, 0.5) is 0 Å². The van der Waals surface area contributed by atoms with E-state index in [0.717, 1.165) is 17.1 Å². The van der Waals surface area contributed by atoms with Gasteiger partial charge in [0.25, 0.3) is 0 Å². The first kappa shape index (κ1) is 17.6. The van der Waals surface area contributed by atoms with E-state index in [1.54, 1.807) is 0 Å². The number of aryl methyl sites for hydroxylation is 1. The van der Waals surface area contributed by atoms with Gasteiger partial charge >= 0.3 is 0 Å². The summed E-state index contributed by atoms with van der Waals surface area (Å²) < 4.78 is 2.28. The van der Waals surface area contributed by atoms with Crippen LogP contribution in [0.5, 0.6) is 0 Å². The lowest BCUT2D eigenvalue weighted by molar-refractivity contribution is 0.208. The van der Waals surface area contributed by atoms with Crippen LogP contribution >= 0.6 is 11.6 Å². The zero-order valence-electron chi connectivity index (χ0n) is 15.1. The molecular weight excluding hydrogens is 342 g/mol. The van der Waals surface area contributed by atoms with Crippen LogP contribution in [0, 0.1) is 0 Å². The van der Waals surface area contributed by atoms with E-state index in [2.05, 4.69) is 50.8 Å². The number of hydrogen-bond donors (Lipinski definition) is 0. The summed E-state index contributed by atoms with van der Waals surface area (Å²) in [5, 5.41) is 0.858. The van der Waals surface area contributed by atoms with Crippen LogP contribution in [0.3, 0.4) is 0 Å². The maximum absolute atomic E-state index is 6.14. The van der Waals surface area contributed by atoms with Crippen LogP contribution in [0.25, 0.3) is 11.0 Å². The molecule has 136 valence electrons. The van der Waals surface area contributed by atoms with Crippen LogP contribution in [0.15, 0.2) is 54.9 Å². The number of likely N-dealkylation sites (tertiary alicyclic amines) is 1. The Kier molecular flexibility index (Phi) is 5.57. The summed E-state index contributed by atoms with van der Waals surface area (Å²) >= 11 is 6.14. The number of unbranched alkanes of at least 4 members (excludes halogenated alkanes) is 1. The summed E-state index contributed by atoms with van der Waals surface area (Å²) in [7, 11) is 0. The number of halogens is 1. The molecule has 0 saturated carbocycles. The fourth-order valence-corrected chi connectivity index (χ4v) is 4.26. The molecule has 4 heteroatoms. The summed E-state index contributed by atoms with van der Waals surface area (Å²) in [5.41, 5.74) is 3.74. The molecule has 0 spiro atoms. The fraction of sp³-hybridized carbons (Fsp3) is 0.409. The van der Waals surface area contributed by atoms with Crippen LogP contribution in [0.1, 0.15) is 37.2 Å². The summed E-state index contributed by atoms with van der Waals surface area (Å²) in [5.74, 6) is 0.669. The lowest BCUT2D eigenvalue weighted by atomic mass is 9.89. The Morgan fingerprint density at radius 2 is 1.77 bits per heavy atom. The average molecular weight is 368 g/mol. The van der Waals surface area contributed by atoms with Gasteiger partial charge in [0, 0.05) is 11.6 Å². The second-order valence-corrected chi connectivity index (χ2v) is 7.74. The Balaban J connectivity index is 1.20. The highest BCUT2D eigenvalue weighted by Crippen LogP contribution is 2.29. The first-order valence-corrected chi connectivity index (χ1v) is 10.0. The van der Waals surface area contributed by atoms with E-state index in [1.807, 2.05) is 18.5 Å². The number of rotatable bonds is 6. The van der Waals surface area contributed by atoms with E-state index in [1.165, 1.54) is 56.4 Å². The second kappa shape index (κ2) is 8.24. The molecule has 4 rings (SSSR count). The molecule has 26 heavy (non-hydrogen) atoms. The molecular formula is C22H26ClN3. The minimum absolute atomic E-state index is 0.669. The highest BCUT2D eigenvalue weighted by molar-refractivity contribution is 6.30. The lowest BCUT2D eigenvalue weighted by Crippen LogP contribution is -2.33. The van der Waals surface area contributed by atoms with Gasteiger partial charge < -0.3 is 9.47 Å². The van der Waals surface area contributed by atoms with Crippen LogP contribution < -0.4 is 0 Å². The van der Waals surface area contributed by atoms with Crippen LogP contribution in [-0.2, 0) is 6.54 Å². The number of aromatic nitrogens is 2. The Morgan fingerprint density at radius 1 is 0.962 bits per heavy atom. The summed E-state index contributed by atoms with van der Waals surface area (Å²) in [6.45, 7) is 4.66. The van der Waals surface area contributed by atoms with E-state index in [4.69, 9.17) is 11.6 Å². The topological polar surface area (TPSA) is 21.1 Å². The Bertz CT molecular complexity index is 849. The number of piperidine rings is 1. The smallest absolute Gasteiger partial charge is 0.0958 e. The molecule has 0 aliphatic carbocycles. The van der Waals surface area contributed by atoms with Crippen molar-refractivity contribution >= 4 is 22.6 Å². The molecule has 0 unspecified atom stereocenters. The number of nitrogens with zero attached hydrogens (tertiary/aromatic N) is 3. The predicted octanol–water partition coefficient (Wildman–Crippen LogP) is 5.35. The molecule has 0 N–H and O–H groups in total. The largest absolute Gasteiger partial charge is 0.331 e. The third-order valence-electron chi connectivity index (χ3n) is 5.56. The van der Waals surface area contributed by atoms with Crippen molar-refractivity contribution in [3.05, 3.63) is 65.4 Å². The standard InChI is InChI=1S/C22H26ClN3/c23-20-7-5-6-19(16-20)18-10-14-25(15-11-18)12-3-4-13-26-17-24-21-8-1-2-9-22(21)26/h1-2,5-9,16-18H,3-4,10-15H2. The van der Waals surface area contributed by atoms with E-state index in [9.17, 15) is 0 Å². The lowest BCUT2D eigenvalue weighted by Gasteiger charge is -2.32.